The van der Waals surface area contributed by atoms with Gasteiger partial charge in [-0.05, 0) is 13.8 Å². The highest BCUT2D eigenvalue weighted by molar-refractivity contribution is 5.69. The lowest BCUT2D eigenvalue weighted by Crippen LogP contribution is -2.32. The van der Waals surface area contributed by atoms with E-state index in [1.807, 2.05) is 0 Å². The molecular weight excluding hydrogens is 196 g/mol. The molecule has 10 N–H and O–H groups in total. The van der Waals surface area contributed by atoms with Gasteiger partial charge in [-0.15, -0.1) is 0 Å². The van der Waals surface area contributed by atoms with Gasteiger partial charge in [-0.25, -0.2) is 0 Å². The Bertz CT molecular complexity index is 140. The molecule has 0 radical (unpaired) electrons. The fourth-order valence-electron chi connectivity index (χ4n) is 0. The Morgan fingerprint density at radius 2 is 1.00 bits per heavy atom. The molecule has 0 saturated carbocycles. The van der Waals surface area contributed by atoms with Crippen molar-refractivity contribution >= 4 is 11.9 Å². The van der Waals surface area contributed by atoms with E-state index in [0.717, 1.165) is 13.8 Å². The molecule has 0 aromatic heterocycles. The zero-order chi connectivity index (χ0) is 10.3. The van der Waals surface area contributed by atoms with Crippen LogP contribution in [0.5, 0.6) is 0 Å². The number of quaternary nitrogens is 2. The standard InChI is InChI=1S/2C3H6O3.2H3N/c2*1-2(4)3(5)6;;/h2*2,4H,1H3,(H,5,6);2*1H3. The summed E-state index contributed by atoms with van der Waals surface area (Å²) in [5.41, 5.74) is 0. The Labute approximate surface area is 81.3 Å². The second-order valence-electron chi connectivity index (χ2n) is 1.99. The Hall–Kier alpha value is -1.22. The molecule has 2 unspecified atom stereocenters. The summed E-state index contributed by atoms with van der Waals surface area (Å²) < 4.78 is 0. The molecule has 0 aromatic rings. The van der Waals surface area contributed by atoms with Gasteiger partial charge in [0.2, 0.25) is 0 Å². The van der Waals surface area contributed by atoms with Crippen LogP contribution in [0.3, 0.4) is 0 Å². The molecule has 2 atom stereocenters. The number of hydrogen-bond donors (Lipinski definition) is 4. The largest absolute Gasteiger partial charge is 0.547 e. The maximum atomic E-state index is 9.34. The fraction of sp³-hybridized carbons (Fsp3) is 0.667. The second-order valence-corrected chi connectivity index (χ2v) is 1.99. The molecule has 8 heteroatoms. The number of aliphatic carboxylic acids is 2. The van der Waals surface area contributed by atoms with E-state index in [-0.39, 0.29) is 12.3 Å². The molecule has 0 aromatic carbocycles. The highest BCUT2D eigenvalue weighted by Crippen LogP contribution is 1.69. The van der Waals surface area contributed by atoms with Crippen LogP contribution < -0.4 is 22.5 Å². The van der Waals surface area contributed by atoms with Crippen LogP contribution >= 0.6 is 0 Å². The van der Waals surface area contributed by atoms with Crippen LogP contribution in [0.4, 0.5) is 0 Å². The van der Waals surface area contributed by atoms with Gasteiger partial charge in [0.25, 0.3) is 0 Å². The van der Waals surface area contributed by atoms with E-state index >= 15 is 0 Å². The third kappa shape index (κ3) is 22.4. The lowest BCUT2D eigenvalue weighted by atomic mass is 10.4. The molecule has 14 heavy (non-hydrogen) atoms. The molecule has 0 spiro atoms. The van der Waals surface area contributed by atoms with Crippen molar-refractivity contribution < 1.29 is 30.0 Å². The maximum Gasteiger partial charge on any atom is 0.0905 e. The van der Waals surface area contributed by atoms with Crippen LogP contribution in [0.15, 0.2) is 0 Å². The molecule has 0 aliphatic carbocycles. The van der Waals surface area contributed by atoms with Crippen molar-refractivity contribution in [2.75, 3.05) is 0 Å². The minimum atomic E-state index is -1.44. The topological polar surface area (TPSA) is 194 Å². The van der Waals surface area contributed by atoms with E-state index in [0.29, 0.717) is 0 Å². The van der Waals surface area contributed by atoms with Crippen molar-refractivity contribution in [3.8, 4) is 0 Å². The summed E-state index contributed by atoms with van der Waals surface area (Å²) in [6.45, 7) is 2.27. The van der Waals surface area contributed by atoms with Crippen LogP contribution in [0.25, 0.3) is 0 Å². The molecule has 8 nitrogen and oxygen atoms in total. The lowest BCUT2D eigenvalue weighted by Gasteiger charge is -2.00. The van der Waals surface area contributed by atoms with Crippen molar-refractivity contribution in [3.63, 3.8) is 0 Å². The summed E-state index contributed by atoms with van der Waals surface area (Å²) >= 11 is 0. The number of carboxylic acid groups (broad SMARTS) is 2. The summed E-state index contributed by atoms with van der Waals surface area (Å²) in [7, 11) is 0. The van der Waals surface area contributed by atoms with E-state index in [1.54, 1.807) is 0 Å². The van der Waals surface area contributed by atoms with Crippen molar-refractivity contribution in [1.29, 1.82) is 0 Å². The van der Waals surface area contributed by atoms with Crippen LogP contribution in [-0.4, -0.2) is 34.4 Å². The Morgan fingerprint density at radius 3 is 1.00 bits per heavy atom. The highest BCUT2D eigenvalue weighted by atomic mass is 16.4. The summed E-state index contributed by atoms with van der Waals surface area (Å²) in [5, 5.41) is 34.6. The van der Waals surface area contributed by atoms with E-state index in [4.69, 9.17) is 10.2 Å². The monoisotopic (exact) mass is 214 g/mol. The quantitative estimate of drug-likeness (QED) is 0.377. The molecule has 88 valence electrons. The van der Waals surface area contributed by atoms with E-state index < -0.39 is 24.1 Å². The van der Waals surface area contributed by atoms with Crippen molar-refractivity contribution in [1.82, 2.24) is 12.3 Å². The summed E-state index contributed by atoms with van der Waals surface area (Å²) in [6.07, 6.45) is -2.69. The van der Waals surface area contributed by atoms with E-state index in [2.05, 4.69) is 0 Å². The molecule has 0 bridgehead atoms. The highest BCUT2D eigenvalue weighted by Gasteiger charge is 1.89. The first-order chi connectivity index (χ1) is 5.29. The smallest absolute Gasteiger partial charge is 0.0905 e. The van der Waals surface area contributed by atoms with Gasteiger partial charge >= 0.3 is 0 Å². The number of carbonyl (C=O) groups is 2. The van der Waals surface area contributed by atoms with Crippen LogP contribution in [0.1, 0.15) is 13.8 Å². The third-order valence-electron chi connectivity index (χ3n) is 0.682. The van der Waals surface area contributed by atoms with Crippen LogP contribution in [0.2, 0.25) is 0 Å². The lowest BCUT2D eigenvalue weighted by molar-refractivity contribution is -0.315. The molecule has 0 amide bonds. The minimum absolute atomic E-state index is 0. The average Bonchev–Trinajstić information content (AvgIpc) is 1.88. The number of aliphatic hydroxyl groups excluding tert-OH is 2. The molecule has 0 saturated heterocycles. The zero-order valence-corrected chi connectivity index (χ0v) is 8.68. The van der Waals surface area contributed by atoms with Crippen LogP contribution in [0, 0.1) is 0 Å². The van der Waals surface area contributed by atoms with Crippen molar-refractivity contribution in [2.45, 2.75) is 26.1 Å². The second kappa shape index (κ2) is 11.8. The van der Waals surface area contributed by atoms with Crippen molar-refractivity contribution in [3.05, 3.63) is 0 Å². The van der Waals surface area contributed by atoms with Gasteiger partial charge in [-0.3, -0.25) is 0 Å². The van der Waals surface area contributed by atoms with Gasteiger partial charge in [0, 0.05) is 0 Å². The van der Waals surface area contributed by atoms with Crippen molar-refractivity contribution in [2.24, 2.45) is 0 Å². The molecule has 0 aliphatic rings. The average molecular weight is 214 g/mol. The normalized spacial score (nSPS) is 11.7. The molecular formula is C6H18N2O6. The number of carboxylic acids is 2. The minimum Gasteiger partial charge on any atom is -0.547 e. The number of hydrogen-bond acceptors (Lipinski definition) is 6. The van der Waals surface area contributed by atoms with Gasteiger partial charge in [0.1, 0.15) is 0 Å². The number of rotatable bonds is 2. The van der Waals surface area contributed by atoms with E-state index in [9.17, 15) is 19.8 Å². The first kappa shape index (κ1) is 23.0. The number of aliphatic hydroxyl groups is 2. The van der Waals surface area contributed by atoms with Gasteiger partial charge in [0.05, 0.1) is 24.1 Å². The summed E-state index contributed by atoms with van der Waals surface area (Å²) in [6, 6.07) is 0. The first-order valence-corrected chi connectivity index (χ1v) is 3.06. The molecule has 0 heterocycles. The van der Waals surface area contributed by atoms with Gasteiger partial charge in [-0.1, -0.05) is 0 Å². The molecule has 0 fully saturated rings. The Balaban J connectivity index is -0.0000000625. The molecule has 0 aliphatic heterocycles. The SMILES string of the molecule is CC(O)C(=O)[O-].CC(O)C(=O)[O-].[NH4+].[NH4+]. The maximum absolute atomic E-state index is 9.34. The first-order valence-electron chi connectivity index (χ1n) is 3.06. The predicted molar refractivity (Wildman–Crippen MR) is 45.3 cm³/mol. The van der Waals surface area contributed by atoms with Crippen LogP contribution in [-0.2, 0) is 9.59 Å². The Morgan fingerprint density at radius 1 is 0.929 bits per heavy atom. The third-order valence-corrected chi connectivity index (χ3v) is 0.682. The van der Waals surface area contributed by atoms with Gasteiger partial charge in [-0.2, -0.15) is 0 Å². The summed E-state index contributed by atoms with van der Waals surface area (Å²) in [4.78, 5) is 18.7. The predicted octanol–water partition coefficient (Wildman–Crippen LogP) is -3.01. The van der Waals surface area contributed by atoms with E-state index in [1.165, 1.54) is 0 Å². The number of carbonyl (C=O) groups excluding carboxylic acids is 2. The van der Waals surface area contributed by atoms with Gasteiger partial charge in [0.15, 0.2) is 0 Å². The zero-order valence-electron chi connectivity index (χ0n) is 8.68. The fourth-order valence-corrected chi connectivity index (χ4v) is 0. The van der Waals surface area contributed by atoms with Gasteiger partial charge < -0.3 is 42.3 Å². The molecule has 0 rings (SSSR count). The Kier molecular flexibility index (Phi) is 19.4. The summed E-state index contributed by atoms with van der Waals surface area (Å²) in [5.74, 6) is -2.87.